The predicted octanol–water partition coefficient (Wildman–Crippen LogP) is 3.13. The van der Waals surface area contributed by atoms with Crippen molar-refractivity contribution in [3.05, 3.63) is 52.9 Å². The van der Waals surface area contributed by atoms with Crippen LogP contribution in [-0.2, 0) is 16.1 Å². The van der Waals surface area contributed by atoms with E-state index in [-0.39, 0.29) is 12.5 Å². The van der Waals surface area contributed by atoms with E-state index in [4.69, 9.17) is 9.15 Å². The van der Waals surface area contributed by atoms with E-state index in [9.17, 15) is 4.79 Å². The highest BCUT2D eigenvalue weighted by Gasteiger charge is 2.13. The van der Waals surface area contributed by atoms with Gasteiger partial charge in [-0.3, -0.25) is 9.69 Å². The molecule has 6 heteroatoms. The second kappa shape index (κ2) is 8.73. The molecule has 1 aromatic carbocycles. The Morgan fingerprint density at radius 1 is 1.32 bits per heavy atom. The van der Waals surface area contributed by atoms with Crippen molar-refractivity contribution in [3.8, 4) is 0 Å². The summed E-state index contributed by atoms with van der Waals surface area (Å²) in [4.78, 5) is 14.2. The Bertz CT molecular complexity index is 587. The number of hydrogen-bond acceptors (Lipinski definition) is 4. The summed E-state index contributed by atoms with van der Waals surface area (Å²) in [7, 11) is 1.65. The standard InChI is InChI=1S/C16H19BrN2O3/c1-21-10-8-19(11-13-5-4-9-22-13)12-16(20)18-15-7-3-2-6-14(15)17/h2-7,9H,8,10-12H2,1H3,(H,18,20). The van der Waals surface area contributed by atoms with Gasteiger partial charge in [0.25, 0.3) is 0 Å². The number of benzene rings is 1. The summed E-state index contributed by atoms with van der Waals surface area (Å²) in [6.45, 7) is 2.05. The Balaban J connectivity index is 1.93. The molecular weight excluding hydrogens is 348 g/mol. The number of nitrogens with one attached hydrogen (secondary N) is 1. The van der Waals surface area contributed by atoms with Gasteiger partial charge in [-0.25, -0.2) is 0 Å². The molecule has 2 aromatic rings. The Kier molecular flexibility index (Phi) is 6.64. The number of furan rings is 1. The highest BCUT2D eigenvalue weighted by molar-refractivity contribution is 9.10. The topological polar surface area (TPSA) is 54.7 Å². The molecule has 0 aliphatic carbocycles. The first-order chi connectivity index (χ1) is 10.7. The Hall–Kier alpha value is -1.63. The number of carbonyl (C=O) groups excluding carboxylic acids is 1. The van der Waals surface area contributed by atoms with Crippen LogP contribution in [0.1, 0.15) is 5.76 Å². The van der Waals surface area contributed by atoms with Crippen LogP contribution in [0.15, 0.2) is 51.6 Å². The van der Waals surface area contributed by atoms with Crippen LogP contribution in [0, 0.1) is 0 Å². The monoisotopic (exact) mass is 366 g/mol. The lowest BCUT2D eigenvalue weighted by molar-refractivity contribution is -0.117. The van der Waals surface area contributed by atoms with Gasteiger partial charge in [-0.05, 0) is 40.2 Å². The number of ether oxygens (including phenoxy) is 1. The molecule has 1 heterocycles. The minimum absolute atomic E-state index is 0.0745. The molecule has 5 nitrogen and oxygen atoms in total. The summed E-state index contributed by atoms with van der Waals surface area (Å²) in [5.74, 6) is 0.749. The van der Waals surface area contributed by atoms with E-state index in [1.165, 1.54) is 0 Å². The van der Waals surface area contributed by atoms with Crippen molar-refractivity contribution in [1.82, 2.24) is 4.90 Å². The fourth-order valence-corrected chi connectivity index (χ4v) is 2.40. The van der Waals surface area contributed by atoms with Gasteiger partial charge >= 0.3 is 0 Å². The molecule has 1 aromatic heterocycles. The molecule has 22 heavy (non-hydrogen) atoms. The van der Waals surface area contributed by atoms with Crippen LogP contribution >= 0.6 is 15.9 Å². The number of anilines is 1. The van der Waals surface area contributed by atoms with E-state index in [0.717, 1.165) is 15.9 Å². The van der Waals surface area contributed by atoms with Crippen molar-refractivity contribution in [2.45, 2.75) is 6.54 Å². The summed E-state index contributed by atoms with van der Waals surface area (Å²) >= 11 is 3.42. The van der Waals surface area contributed by atoms with E-state index in [1.807, 2.05) is 41.3 Å². The summed E-state index contributed by atoms with van der Waals surface area (Å²) < 4.78 is 11.3. The maximum Gasteiger partial charge on any atom is 0.238 e. The van der Waals surface area contributed by atoms with Gasteiger partial charge in [0.15, 0.2) is 0 Å². The van der Waals surface area contributed by atoms with Crippen molar-refractivity contribution in [2.24, 2.45) is 0 Å². The number of hydrogen-bond donors (Lipinski definition) is 1. The molecule has 0 saturated heterocycles. The molecule has 1 amide bonds. The third kappa shape index (κ3) is 5.29. The van der Waals surface area contributed by atoms with E-state index >= 15 is 0 Å². The summed E-state index contributed by atoms with van der Waals surface area (Å²) in [6.07, 6.45) is 1.63. The van der Waals surface area contributed by atoms with Crippen molar-refractivity contribution < 1.29 is 13.9 Å². The van der Waals surface area contributed by atoms with E-state index < -0.39 is 0 Å². The van der Waals surface area contributed by atoms with Crippen LogP contribution in [-0.4, -0.2) is 37.6 Å². The second-order valence-corrected chi connectivity index (χ2v) is 5.67. The quantitative estimate of drug-likeness (QED) is 0.779. The fraction of sp³-hybridized carbons (Fsp3) is 0.312. The van der Waals surface area contributed by atoms with Crippen LogP contribution in [0.5, 0.6) is 0 Å². The SMILES string of the molecule is COCCN(CC(=O)Nc1ccccc1Br)Cc1ccco1. The average molecular weight is 367 g/mol. The molecule has 118 valence electrons. The number of amides is 1. The Morgan fingerprint density at radius 3 is 2.82 bits per heavy atom. The van der Waals surface area contributed by atoms with Gasteiger partial charge in [-0.15, -0.1) is 0 Å². The van der Waals surface area contributed by atoms with Gasteiger partial charge in [0.2, 0.25) is 5.91 Å². The number of carbonyl (C=O) groups is 1. The van der Waals surface area contributed by atoms with Crippen LogP contribution in [0.4, 0.5) is 5.69 Å². The summed E-state index contributed by atoms with van der Waals surface area (Å²) in [6, 6.07) is 11.3. The molecule has 0 unspecified atom stereocenters. The minimum Gasteiger partial charge on any atom is -0.468 e. The smallest absolute Gasteiger partial charge is 0.238 e. The Morgan fingerprint density at radius 2 is 2.14 bits per heavy atom. The van der Waals surface area contributed by atoms with Crippen molar-refractivity contribution in [2.75, 3.05) is 32.1 Å². The molecule has 0 bridgehead atoms. The molecule has 0 aliphatic rings. The molecule has 0 fully saturated rings. The predicted molar refractivity (Wildman–Crippen MR) is 88.6 cm³/mol. The molecule has 0 aliphatic heterocycles. The Labute approximate surface area is 138 Å². The zero-order chi connectivity index (χ0) is 15.8. The lowest BCUT2D eigenvalue weighted by atomic mass is 10.3. The minimum atomic E-state index is -0.0745. The van der Waals surface area contributed by atoms with Crippen LogP contribution in [0.25, 0.3) is 0 Å². The molecule has 2 rings (SSSR count). The third-order valence-electron chi connectivity index (χ3n) is 3.09. The van der Waals surface area contributed by atoms with Gasteiger partial charge in [-0.1, -0.05) is 12.1 Å². The first kappa shape index (κ1) is 16.7. The summed E-state index contributed by atoms with van der Waals surface area (Å²) in [5, 5.41) is 2.90. The highest BCUT2D eigenvalue weighted by Crippen LogP contribution is 2.21. The number of methoxy groups -OCH3 is 1. The van der Waals surface area contributed by atoms with E-state index in [1.54, 1.807) is 13.4 Å². The number of nitrogens with zero attached hydrogens (tertiary/aromatic N) is 1. The lowest BCUT2D eigenvalue weighted by Crippen LogP contribution is -2.35. The van der Waals surface area contributed by atoms with Gasteiger partial charge < -0.3 is 14.5 Å². The van der Waals surface area contributed by atoms with Crippen LogP contribution < -0.4 is 5.32 Å². The van der Waals surface area contributed by atoms with Crippen molar-refractivity contribution >= 4 is 27.5 Å². The second-order valence-electron chi connectivity index (χ2n) is 4.81. The normalized spacial score (nSPS) is 10.9. The highest BCUT2D eigenvalue weighted by atomic mass is 79.9. The largest absolute Gasteiger partial charge is 0.468 e. The van der Waals surface area contributed by atoms with Gasteiger partial charge in [0, 0.05) is 18.1 Å². The molecular formula is C16H19BrN2O3. The number of halogens is 1. The first-order valence-corrected chi connectivity index (χ1v) is 7.76. The maximum absolute atomic E-state index is 12.2. The summed E-state index contributed by atoms with van der Waals surface area (Å²) in [5.41, 5.74) is 0.761. The number of rotatable bonds is 8. The van der Waals surface area contributed by atoms with Gasteiger partial charge in [0.1, 0.15) is 5.76 Å². The van der Waals surface area contributed by atoms with E-state index in [2.05, 4.69) is 21.2 Å². The zero-order valence-electron chi connectivity index (χ0n) is 12.4. The molecule has 0 radical (unpaired) electrons. The fourth-order valence-electron chi connectivity index (χ4n) is 2.01. The van der Waals surface area contributed by atoms with Crippen LogP contribution in [0.3, 0.4) is 0 Å². The molecule has 0 saturated carbocycles. The van der Waals surface area contributed by atoms with Crippen molar-refractivity contribution in [3.63, 3.8) is 0 Å². The maximum atomic E-state index is 12.2. The number of para-hydroxylation sites is 1. The van der Waals surface area contributed by atoms with Crippen molar-refractivity contribution in [1.29, 1.82) is 0 Å². The zero-order valence-corrected chi connectivity index (χ0v) is 14.0. The van der Waals surface area contributed by atoms with E-state index in [0.29, 0.717) is 19.7 Å². The van der Waals surface area contributed by atoms with Gasteiger partial charge in [0.05, 0.1) is 31.6 Å². The molecule has 0 spiro atoms. The first-order valence-electron chi connectivity index (χ1n) is 6.97. The van der Waals surface area contributed by atoms with Gasteiger partial charge in [-0.2, -0.15) is 0 Å². The average Bonchev–Trinajstić information content (AvgIpc) is 3.00. The lowest BCUT2D eigenvalue weighted by Gasteiger charge is -2.20. The third-order valence-corrected chi connectivity index (χ3v) is 3.78. The van der Waals surface area contributed by atoms with Crippen LogP contribution in [0.2, 0.25) is 0 Å². The molecule has 0 atom stereocenters. The molecule has 1 N–H and O–H groups in total.